The molecule has 18 heavy (non-hydrogen) atoms. The number of fused-ring (bicyclic) bond motifs is 3. The molecule has 98 valence electrons. The highest BCUT2D eigenvalue weighted by Gasteiger charge is 2.35. The minimum absolute atomic E-state index is 0.167. The van der Waals surface area contributed by atoms with Crippen molar-refractivity contribution in [1.29, 1.82) is 0 Å². The second kappa shape index (κ2) is 4.99. The molecule has 0 saturated carbocycles. The molecule has 0 aromatic carbocycles. The predicted molar refractivity (Wildman–Crippen MR) is 70.9 cm³/mol. The van der Waals surface area contributed by atoms with Crippen LogP contribution in [0.15, 0.2) is 17.5 Å². The maximum Gasteiger partial charge on any atom is 0.264 e. The Morgan fingerprint density at radius 3 is 3.06 bits per heavy atom. The van der Waals surface area contributed by atoms with Crippen molar-refractivity contribution in [2.24, 2.45) is 5.92 Å². The monoisotopic (exact) mass is 266 g/mol. The van der Waals surface area contributed by atoms with E-state index in [1.54, 1.807) is 0 Å². The first-order valence-corrected chi connectivity index (χ1v) is 7.23. The summed E-state index contributed by atoms with van der Waals surface area (Å²) in [6.45, 7) is 4.19. The number of carbonyl (C=O) groups is 1. The van der Waals surface area contributed by atoms with E-state index in [1.807, 2.05) is 22.4 Å². The quantitative estimate of drug-likeness (QED) is 0.764. The smallest absolute Gasteiger partial charge is 0.264 e. The van der Waals surface area contributed by atoms with Crippen LogP contribution in [0.25, 0.3) is 0 Å². The Balaban J connectivity index is 1.85. The second-order valence-electron chi connectivity index (χ2n) is 5.21. The van der Waals surface area contributed by atoms with E-state index in [0.717, 1.165) is 31.1 Å². The van der Waals surface area contributed by atoms with Crippen molar-refractivity contribution in [3.8, 4) is 0 Å². The van der Waals surface area contributed by atoms with Crippen molar-refractivity contribution in [1.82, 2.24) is 9.80 Å². The molecule has 2 aliphatic heterocycles. The molecule has 1 aromatic rings. The van der Waals surface area contributed by atoms with Crippen LogP contribution in [0.3, 0.4) is 0 Å². The summed E-state index contributed by atoms with van der Waals surface area (Å²) >= 11 is 1.52. The van der Waals surface area contributed by atoms with Gasteiger partial charge in [0.15, 0.2) is 0 Å². The summed E-state index contributed by atoms with van der Waals surface area (Å²) < 4.78 is 5.69. The lowest BCUT2D eigenvalue weighted by Gasteiger charge is -2.29. The highest BCUT2D eigenvalue weighted by Crippen LogP contribution is 2.22. The Hall–Kier alpha value is -0.910. The molecule has 1 aromatic heterocycles. The fourth-order valence-electron chi connectivity index (χ4n) is 2.87. The molecular weight excluding hydrogens is 248 g/mol. The molecule has 2 aliphatic rings. The van der Waals surface area contributed by atoms with Crippen LogP contribution in [0.5, 0.6) is 0 Å². The molecule has 4 nitrogen and oxygen atoms in total. The van der Waals surface area contributed by atoms with Gasteiger partial charge in [-0.05, 0) is 18.5 Å². The summed E-state index contributed by atoms with van der Waals surface area (Å²) in [4.78, 5) is 17.7. The van der Waals surface area contributed by atoms with Gasteiger partial charge in [0.25, 0.3) is 5.91 Å². The van der Waals surface area contributed by atoms with Gasteiger partial charge in [-0.1, -0.05) is 6.07 Å². The van der Waals surface area contributed by atoms with Crippen molar-refractivity contribution >= 4 is 17.2 Å². The zero-order chi connectivity index (χ0) is 12.5. The van der Waals surface area contributed by atoms with Gasteiger partial charge in [0.2, 0.25) is 0 Å². The fourth-order valence-corrected chi connectivity index (χ4v) is 3.55. The van der Waals surface area contributed by atoms with Gasteiger partial charge in [-0.15, -0.1) is 11.3 Å². The zero-order valence-electron chi connectivity index (χ0n) is 10.5. The molecule has 0 aliphatic carbocycles. The van der Waals surface area contributed by atoms with E-state index in [-0.39, 0.29) is 11.9 Å². The summed E-state index contributed by atoms with van der Waals surface area (Å²) in [6, 6.07) is 4.04. The Morgan fingerprint density at radius 2 is 2.28 bits per heavy atom. The lowest BCUT2D eigenvalue weighted by molar-refractivity contribution is 0.0486. The SMILES string of the molecule is CN1C[C@@H]2COC[C@H](C1)N(C(=O)c1cccs1)C2. The van der Waals surface area contributed by atoms with E-state index in [9.17, 15) is 4.79 Å². The van der Waals surface area contributed by atoms with Gasteiger partial charge in [-0.2, -0.15) is 0 Å². The Kier molecular flexibility index (Phi) is 3.37. The summed E-state index contributed by atoms with van der Waals surface area (Å²) in [7, 11) is 2.13. The number of amides is 1. The lowest BCUT2D eigenvalue weighted by Crippen LogP contribution is -2.45. The molecule has 2 bridgehead atoms. The van der Waals surface area contributed by atoms with Crippen LogP contribution in [0.4, 0.5) is 0 Å². The van der Waals surface area contributed by atoms with Crippen molar-refractivity contribution in [3.63, 3.8) is 0 Å². The maximum absolute atomic E-state index is 12.5. The molecule has 1 amide bonds. The number of carbonyl (C=O) groups excluding carboxylic acids is 1. The Labute approximate surface area is 111 Å². The van der Waals surface area contributed by atoms with Gasteiger partial charge >= 0.3 is 0 Å². The van der Waals surface area contributed by atoms with Crippen molar-refractivity contribution in [2.45, 2.75) is 6.04 Å². The number of hydrogen-bond donors (Lipinski definition) is 0. The molecule has 0 unspecified atom stereocenters. The molecule has 3 heterocycles. The highest BCUT2D eigenvalue weighted by molar-refractivity contribution is 7.12. The summed E-state index contributed by atoms with van der Waals surface area (Å²) in [6.07, 6.45) is 0. The van der Waals surface area contributed by atoms with Crippen LogP contribution in [-0.2, 0) is 4.74 Å². The van der Waals surface area contributed by atoms with Crippen LogP contribution in [0, 0.1) is 5.92 Å². The van der Waals surface area contributed by atoms with E-state index in [2.05, 4.69) is 11.9 Å². The number of nitrogens with zero attached hydrogens (tertiary/aromatic N) is 2. The number of rotatable bonds is 1. The van der Waals surface area contributed by atoms with Gasteiger partial charge in [-0.25, -0.2) is 0 Å². The van der Waals surface area contributed by atoms with E-state index >= 15 is 0 Å². The van der Waals surface area contributed by atoms with Crippen LogP contribution in [-0.4, -0.2) is 61.6 Å². The van der Waals surface area contributed by atoms with Crippen LogP contribution < -0.4 is 0 Å². The number of hydrogen-bond acceptors (Lipinski definition) is 4. The standard InChI is InChI=1S/C13H18N2O2S/c1-14-5-10-6-15(11(7-14)9-17-8-10)13(16)12-3-2-4-18-12/h2-4,10-11H,5-9H2,1H3/t10-,11-/m0/s1. The Bertz CT molecular complexity index is 421. The average Bonchev–Trinajstić information content (AvgIpc) is 2.72. The molecular formula is C13H18N2O2S. The molecule has 2 saturated heterocycles. The highest BCUT2D eigenvalue weighted by atomic mass is 32.1. The van der Waals surface area contributed by atoms with Gasteiger partial charge in [0, 0.05) is 25.6 Å². The molecule has 0 radical (unpaired) electrons. The Morgan fingerprint density at radius 1 is 1.39 bits per heavy atom. The molecule has 3 rings (SSSR count). The fraction of sp³-hybridized carbons (Fsp3) is 0.615. The van der Waals surface area contributed by atoms with Crippen molar-refractivity contribution in [3.05, 3.63) is 22.4 Å². The van der Waals surface area contributed by atoms with Crippen molar-refractivity contribution < 1.29 is 9.53 Å². The molecule has 0 N–H and O–H groups in total. The third kappa shape index (κ3) is 2.30. The van der Waals surface area contributed by atoms with E-state index < -0.39 is 0 Å². The van der Waals surface area contributed by atoms with E-state index in [4.69, 9.17) is 4.74 Å². The first-order chi connectivity index (χ1) is 8.74. The minimum Gasteiger partial charge on any atom is -0.379 e. The van der Waals surface area contributed by atoms with Gasteiger partial charge in [-0.3, -0.25) is 4.79 Å². The van der Waals surface area contributed by atoms with E-state index in [0.29, 0.717) is 12.5 Å². The molecule has 2 fully saturated rings. The third-order valence-corrected chi connectivity index (χ3v) is 4.50. The summed E-state index contributed by atoms with van der Waals surface area (Å²) in [5, 5.41) is 1.96. The summed E-state index contributed by atoms with van der Waals surface area (Å²) in [5.74, 6) is 0.604. The normalized spacial score (nSPS) is 29.1. The molecule has 5 heteroatoms. The largest absolute Gasteiger partial charge is 0.379 e. The van der Waals surface area contributed by atoms with Crippen LogP contribution in [0.1, 0.15) is 9.67 Å². The van der Waals surface area contributed by atoms with Crippen molar-refractivity contribution in [2.75, 3.05) is 39.9 Å². The average molecular weight is 266 g/mol. The lowest BCUT2D eigenvalue weighted by atomic mass is 10.1. The van der Waals surface area contributed by atoms with Crippen LogP contribution >= 0.6 is 11.3 Å². The topological polar surface area (TPSA) is 32.8 Å². The van der Waals surface area contributed by atoms with Gasteiger partial charge in [0.05, 0.1) is 24.1 Å². The van der Waals surface area contributed by atoms with E-state index in [1.165, 1.54) is 11.3 Å². The second-order valence-corrected chi connectivity index (χ2v) is 6.16. The van der Waals surface area contributed by atoms with Gasteiger partial charge in [0.1, 0.15) is 0 Å². The molecule has 2 atom stereocenters. The maximum atomic E-state index is 12.5. The summed E-state index contributed by atoms with van der Waals surface area (Å²) in [5.41, 5.74) is 0. The van der Waals surface area contributed by atoms with Gasteiger partial charge < -0.3 is 14.5 Å². The predicted octanol–water partition coefficient (Wildman–Crippen LogP) is 1.15. The molecule has 0 spiro atoms. The number of likely N-dealkylation sites (N-methyl/N-ethyl adjacent to an activating group) is 1. The first kappa shape index (κ1) is 12.1. The first-order valence-electron chi connectivity index (χ1n) is 6.35. The third-order valence-electron chi connectivity index (χ3n) is 3.64. The minimum atomic E-state index is 0.167. The number of ether oxygens (including phenoxy) is 1. The number of thiophene rings is 1. The zero-order valence-corrected chi connectivity index (χ0v) is 11.4. The van der Waals surface area contributed by atoms with Crippen LogP contribution in [0.2, 0.25) is 0 Å².